The summed E-state index contributed by atoms with van der Waals surface area (Å²) >= 11 is 0. The predicted octanol–water partition coefficient (Wildman–Crippen LogP) is 4.48. The van der Waals surface area contributed by atoms with Gasteiger partial charge in [0.05, 0.1) is 35.4 Å². The van der Waals surface area contributed by atoms with Gasteiger partial charge in [-0.15, -0.1) is 0 Å². The van der Waals surface area contributed by atoms with Gasteiger partial charge < -0.3 is 19.7 Å². The number of carbonyl (C=O) groups excluding carboxylic acids is 1. The second kappa shape index (κ2) is 10.1. The molecule has 1 unspecified atom stereocenters. The first-order chi connectivity index (χ1) is 14.9. The number of ether oxygens (including phenoxy) is 2. The fourth-order valence-electron chi connectivity index (χ4n) is 3.75. The zero-order valence-corrected chi connectivity index (χ0v) is 18.2. The van der Waals surface area contributed by atoms with Crippen LogP contribution in [0.3, 0.4) is 0 Å². The highest BCUT2D eigenvalue weighted by molar-refractivity contribution is 6.00. The van der Waals surface area contributed by atoms with Crippen LogP contribution in [-0.2, 0) is 0 Å². The van der Waals surface area contributed by atoms with Gasteiger partial charge >= 0.3 is 0 Å². The first-order valence-corrected chi connectivity index (χ1v) is 10.7. The van der Waals surface area contributed by atoms with Crippen molar-refractivity contribution in [3.63, 3.8) is 0 Å². The maximum absolute atomic E-state index is 13.1. The molecule has 1 atom stereocenters. The molecule has 1 amide bonds. The van der Waals surface area contributed by atoms with Crippen molar-refractivity contribution in [3.05, 3.63) is 57.6 Å². The first-order valence-electron chi connectivity index (χ1n) is 10.7. The van der Waals surface area contributed by atoms with Gasteiger partial charge in [-0.3, -0.25) is 14.9 Å². The standard InChI is InChI=1S/C23H29N3O5/c1-4-30-21-11-8-17(14-22(21)31-5-2)16(3)24-23(27)19-15-18(26(28)29)9-10-20(19)25-12-6-7-13-25/h8-11,14-16H,4-7,12-13H2,1-3H3,(H,24,27). The molecule has 1 N–H and O–H groups in total. The van der Waals surface area contributed by atoms with E-state index in [9.17, 15) is 14.9 Å². The fourth-order valence-corrected chi connectivity index (χ4v) is 3.75. The highest BCUT2D eigenvalue weighted by Gasteiger charge is 2.24. The Morgan fingerprint density at radius 2 is 1.77 bits per heavy atom. The van der Waals surface area contributed by atoms with E-state index >= 15 is 0 Å². The van der Waals surface area contributed by atoms with E-state index in [0.717, 1.165) is 37.2 Å². The maximum Gasteiger partial charge on any atom is 0.270 e. The number of anilines is 1. The van der Waals surface area contributed by atoms with E-state index in [0.29, 0.717) is 30.3 Å². The van der Waals surface area contributed by atoms with E-state index in [4.69, 9.17) is 9.47 Å². The number of nitrogens with zero attached hydrogens (tertiary/aromatic N) is 2. The van der Waals surface area contributed by atoms with E-state index in [1.807, 2.05) is 39.0 Å². The van der Waals surface area contributed by atoms with Crippen molar-refractivity contribution in [1.29, 1.82) is 0 Å². The molecular weight excluding hydrogens is 398 g/mol. The molecule has 2 aromatic rings. The van der Waals surface area contributed by atoms with E-state index < -0.39 is 4.92 Å². The van der Waals surface area contributed by atoms with Gasteiger partial charge in [0.25, 0.3) is 11.6 Å². The summed E-state index contributed by atoms with van der Waals surface area (Å²) in [5.74, 6) is 0.933. The fraction of sp³-hybridized carbons (Fsp3) is 0.435. The molecule has 0 radical (unpaired) electrons. The largest absolute Gasteiger partial charge is 0.490 e. The van der Waals surface area contributed by atoms with Gasteiger partial charge in [0.15, 0.2) is 11.5 Å². The smallest absolute Gasteiger partial charge is 0.270 e. The minimum atomic E-state index is -0.477. The average Bonchev–Trinajstić information content (AvgIpc) is 3.29. The molecule has 1 fully saturated rings. The Morgan fingerprint density at radius 3 is 2.42 bits per heavy atom. The molecular formula is C23H29N3O5. The number of hydrogen-bond acceptors (Lipinski definition) is 6. The monoisotopic (exact) mass is 427 g/mol. The molecule has 8 nitrogen and oxygen atoms in total. The summed E-state index contributed by atoms with van der Waals surface area (Å²) in [5.41, 5.74) is 1.81. The maximum atomic E-state index is 13.1. The number of non-ortho nitro benzene ring substituents is 1. The molecule has 166 valence electrons. The molecule has 1 aliphatic rings. The minimum Gasteiger partial charge on any atom is -0.490 e. The lowest BCUT2D eigenvalue weighted by Gasteiger charge is -2.22. The van der Waals surface area contributed by atoms with Gasteiger partial charge in [-0.25, -0.2) is 0 Å². The molecule has 0 aliphatic carbocycles. The van der Waals surface area contributed by atoms with Crippen LogP contribution in [0.25, 0.3) is 0 Å². The SMILES string of the molecule is CCOc1ccc(C(C)NC(=O)c2cc([N+](=O)[O-])ccc2N2CCCC2)cc1OCC. The Hall–Kier alpha value is -3.29. The highest BCUT2D eigenvalue weighted by atomic mass is 16.6. The molecule has 1 heterocycles. The van der Waals surface area contributed by atoms with Crippen LogP contribution in [0.2, 0.25) is 0 Å². The Bertz CT molecular complexity index is 941. The van der Waals surface area contributed by atoms with Crippen LogP contribution in [-0.4, -0.2) is 37.1 Å². The summed E-state index contributed by atoms with van der Waals surface area (Å²) in [5, 5.41) is 14.2. The molecule has 8 heteroatoms. The van der Waals surface area contributed by atoms with Crippen molar-refractivity contribution in [2.75, 3.05) is 31.2 Å². The zero-order valence-electron chi connectivity index (χ0n) is 18.2. The van der Waals surface area contributed by atoms with E-state index in [1.165, 1.54) is 12.1 Å². The first kappa shape index (κ1) is 22.4. The molecule has 0 saturated carbocycles. The lowest BCUT2D eigenvalue weighted by Crippen LogP contribution is -2.29. The summed E-state index contributed by atoms with van der Waals surface area (Å²) in [6.45, 7) is 8.37. The highest BCUT2D eigenvalue weighted by Crippen LogP contribution is 2.32. The van der Waals surface area contributed by atoms with Gasteiger partial charge in [-0.2, -0.15) is 0 Å². The third kappa shape index (κ3) is 5.25. The summed E-state index contributed by atoms with van der Waals surface area (Å²) in [6, 6.07) is 9.73. The number of nitro groups is 1. The third-order valence-electron chi connectivity index (χ3n) is 5.30. The predicted molar refractivity (Wildman–Crippen MR) is 119 cm³/mol. The molecule has 1 saturated heterocycles. The van der Waals surface area contributed by atoms with Gasteiger partial charge in [0, 0.05) is 25.2 Å². The normalized spacial score (nSPS) is 14.2. The van der Waals surface area contributed by atoms with Crippen LogP contribution in [0.1, 0.15) is 55.6 Å². The van der Waals surface area contributed by atoms with Crippen LogP contribution >= 0.6 is 0 Å². The zero-order chi connectivity index (χ0) is 22.4. The van der Waals surface area contributed by atoms with Gasteiger partial charge in [-0.05, 0) is 57.4 Å². The van der Waals surface area contributed by atoms with Crippen molar-refractivity contribution in [2.45, 2.75) is 39.7 Å². The Labute approximate surface area is 182 Å². The lowest BCUT2D eigenvalue weighted by atomic mass is 10.1. The van der Waals surface area contributed by atoms with E-state index in [1.54, 1.807) is 6.07 Å². The quantitative estimate of drug-likeness (QED) is 0.468. The summed E-state index contributed by atoms with van der Waals surface area (Å²) in [4.78, 5) is 26.0. The van der Waals surface area contributed by atoms with Gasteiger partial charge in [0.2, 0.25) is 0 Å². The molecule has 0 bridgehead atoms. The second-order valence-corrected chi connectivity index (χ2v) is 7.42. The number of benzene rings is 2. The second-order valence-electron chi connectivity index (χ2n) is 7.42. The van der Waals surface area contributed by atoms with Crippen LogP contribution in [0.5, 0.6) is 11.5 Å². The lowest BCUT2D eigenvalue weighted by molar-refractivity contribution is -0.384. The van der Waals surface area contributed by atoms with Crippen LogP contribution in [0.4, 0.5) is 11.4 Å². The summed E-state index contributed by atoms with van der Waals surface area (Å²) in [7, 11) is 0. The summed E-state index contributed by atoms with van der Waals surface area (Å²) < 4.78 is 11.3. The number of rotatable bonds is 9. The van der Waals surface area contributed by atoms with Crippen molar-refractivity contribution >= 4 is 17.3 Å². The molecule has 31 heavy (non-hydrogen) atoms. The van der Waals surface area contributed by atoms with Crippen LogP contribution < -0.4 is 19.7 Å². The van der Waals surface area contributed by atoms with Gasteiger partial charge in [-0.1, -0.05) is 6.07 Å². The van der Waals surface area contributed by atoms with Crippen molar-refractivity contribution in [2.24, 2.45) is 0 Å². The van der Waals surface area contributed by atoms with E-state index in [-0.39, 0.29) is 17.6 Å². The topological polar surface area (TPSA) is 93.9 Å². The Kier molecular flexibility index (Phi) is 7.33. The molecule has 0 spiro atoms. The molecule has 3 rings (SSSR count). The van der Waals surface area contributed by atoms with Crippen LogP contribution in [0.15, 0.2) is 36.4 Å². The van der Waals surface area contributed by atoms with Crippen molar-refractivity contribution in [1.82, 2.24) is 5.32 Å². The Balaban J connectivity index is 1.85. The average molecular weight is 428 g/mol. The molecule has 0 aromatic heterocycles. The van der Waals surface area contributed by atoms with Crippen molar-refractivity contribution < 1.29 is 19.2 Å². The number of carbonyl (C=O) groups is 1. The number of hydrogen-bond donors (Lipinski definition) is 1. The van der Waals surface area contributed by atoms with E-state index in [2.05, 4.69) is 10.2 Å². The summed E-state index contributed by atoms with van der Waals surface area (Å²) in [6.07, 6.45) is 2.08. The minimum absolute atomic E-state index is 0.0968. The van der Waals surface area contributed by atoms with Gasteiger partial charge in [0.1, 0.15) is 0 Å². The van der Waals surface area contributed by atoms with Crippen molar-refractivity contribution in [3.8, 4) is 11.5 Å². The van der Waals surface area contributed by atoms with Crippen LogP contribution in [0, 0.1) is 10.1 Å². The third-order valence-corrected chi connectivity index (χ3v) is 5.30. The number of nitro benzene ring substituents is 1. The Morgan fingerprint density at radius 1 is 1.10 bits per heavy atom. The molecule has 2 aromatic carbocycles. The molecule has 1 aliphatic heterocycles. The number of nitrogens with one attached hydrogen (secondary N) is 1. The number of amides is 1.